The van der Waals surface area contributed by atoms with E-state index >= 15 is 0 Å². The topological polar surface area (TPSA) is 9.23 Å². The third-order valence-electron chi connectivity index (χ3n) is 2.53. The highest BCUT2D eigenvalue weighted by Crippen LogP contribution is 2.31. The fraction of sp³-hybridized carbons (Fsp3) is 0.143. The number of aryl methyl sites for hydroxylation is 1. The standard InChI is InChI=1S/C14H11Cl3O/c1-9-2-3-10(8-15)6-14(9)18-11-4-5-12(16)13(17)7-11/h2-7H,8H2,1H3. The first kappa shape index (κ1) is 13.5. The van der Waals surface area contributed by atoms with Crippen LogP contribution in [0, 0.1) is 6.92 Å². The molecule has 0 fully saturated rings. The molecule has 2 aromatic rings. The molecule has 0 amide bonds. The number of hydrogen-bond acceptors (Lipinski definition) is 1. The lowest BCUT2D eigenvalue weighted by Crippen LogP contribution is -1.89. The van der Waals surface area contributed by atoms with E-state index in [0.29, 0.717) is 21.7 Å². The van der Waals surface area contributed by atoms with Crippen LogP contribution in [0.25, 0.3) is 0 Å². The maximum Gasteiger partial charge on any atom is 0.130 e. The molecule has 0 atom stereocenters. The molecule has 2 rings (SSSR count). The van der Waals surface area contributed by atoms with Gasteiger partial charge in [0.2, 0.25) is 0 Å². The number of alkyl halides is 1. The molecular weight excluding hydrogens is 291 g/mol. The Morgan fingerprint density at radius 2 is 1.78 bits per heavy atom. The third-order valence-corrected chi connectivity index (χ3v) is 3.57. The minimum atomic E-state index is 0.456. The van der Waals surface area contributed by atoms with Crippen LogP contribution in [0.3, 0.4) is 0 Å². The van der Waals surface area contributed by atoms with Crippen molar-refractivity contribution in [2.24, 2.45) is 0 Å². The molecule has 0 spiro atoms. The minimum absolute atomic E-state index is 0.456. The molecule has 0 heterocycles. The number of hydrogen-bond donors (Lipinski definition) is 0. The van der Waals surface area contributed by atoms with Crippen molar-refractivity contribution in [1.29, 1.82) is 0 Å². The van der Waals surface area contributed by atoms with Crippen LogP contribution in [-0.2, 0) is 5.88 Å². The lowest BCUT2D eigenvalue weighted by molar-refractivity contribution is 0.478. The first-order valence-corrected chi connectivity index (χ1v) is 6.67. The largest absolute Gasteiger partial charge is 0.457 e. The van der Waals surface area contributed by atoms with Crippen molar-refractivity contribution >= 4 is 34.8 Å². The van der Waals surface area contributed by atoms with Crippen LogP contribution in [0.4, 0.5) is 0 Å². The van der Waals surface area contributed by atoms with Crippen molar-refractivity contribution in [1.82, 2.24) is 0 Å². The molecule has 0 radical (unpaired) electrons. The lowest BCUT2D eigenvalue weighted by atomic mass is 10.1. The van der Waals surface area contributed by atoms with Gasteiger partial charge in [0.15, 0.2) is 0 Å². The maximum atomic E-state index is 5.95. The van der Waals surface area contributed by atoms with Gasteiger partial charge < -0.3 is 4.74 Å². The summed E-state index contributed by atoms with van der Waals surface area (Å²) in [5.74, 6) is 1.88. The van der Waals surface area contributed by atoms with E-state index in [1.165, 1.54) is 0 Å². The van der Waals surface area contributed by atoms with Crippen LogP contribution in [0.5, 0.6) is 11.5 Å². The molecule has 0 unspecified atom stereocenters. The molecule has 18 heavy (non-hydrogen) atoms. The van der Waals surface area contributed by atoms with E-state index in [9.17, 15) is 0 Å². The van der Waals surface area contributed by atoms with Crippen molar-refractivity contribution < 1.29 is 4.74 Å². The van der Waals surface area contributed by atoms with E-state index in [1.807, 2.05) is 25.1 Å². The van der Waals surface area contributed by atoms with Crippen LogP contribution in [0.15, 0.2) is 36.4 Å². The second kappa shape index (κ2) is 5.83. The second-order valence-electron chi connectivity index (χ2n) is 3.91. The van der Waals surface area contributed by atoms with Gasteiger partial charge in [0, 0.05) is 11.9 Å². The molecule has 0 aliphatic rings. The molecule has 94 valence electrons. The van der Waals surface area contributed by atoms with Crippen LogP contribution in [-0.4, -0.2) is 0 Å². The number of halogens is 3. The Morgan fingerprint density at radius 3 is 2.44 bits per heavy atom. The van der Waals surface area contributed by atoms with Crippen molar-refractivity contribution in [3.05, 3.63) is 57.6 Å². The molecule has 1 nitrogen and oxygen atoms in total. The number of ether oxygens (including phenoxy) is 1. The van der Waals surface area contributed by atoms with Gasteiger partial charge in [-0.25, -0.2) is 0 Å². The van der Waals surface area contributed by atoms with Gasteiger partial charge in [-0.15, -0.1) is 11.6 Å². The fourth-order valence-electron chi connectivity index (χ4n) is 1.50. The van der Waals surface area contributed by atoms with E-state index in [-0.39, 0.29) is 0 Å². The zero-order valence-corrected chi connectivity index (χ0v) is 12.0. The van der Waals surface area contributed by atoms with Gasteiger partial charge in [0.25, 0.3) is 0 Å². The number of benzene rings is 2. The predicted molar refractivity (Wildman–Crippen MR) is 77.3 cm³/mol. The molecular formula is C14H11Cl3O. The van der Waals surface area contributed by atoms with Crippen LogP contribution < -0.4 is 4.74 Å². The summed E-state index contributed by atoms with van der Waals surface area (Å²) in [7, 11) is 0. The Hall–Kier alpha value is -0.890. The molecule has 0 saturated carbocycles. The second-order valence-corrected chi connectivity index (χ2v) is 4.99. The van der Waals surface area contributed by atoms with E-state index < -0.39 is 0 Å². The van der Waals surface area contributed by atoms with E-state index in [2.05, 4.69) is 0 Å². The molecule has 0 aromatic heterocycles. The monoisotopic (exact) mass is 300 g/mol. The first-order chi connectivity index (χ1) is 8.60. The summed E-state index contributed by atoms with van der Waals surface area (Å²) in [5.41, 5.74) is 2.05. The number of rotatable bonds is 3. The summed E-state index contributed by atoms with van der Waals surface area (Å²) in [4.78, 5) is 0. The van der Waals surface area contributed by atoms with E-state index in [1.54, 1.807) is 18.2 Å². The predicted octanol–water partition coefficient (Wildman–Crippen LogP) is 5.83. The third kappa shape index (κ3) is 3.11. The Labute approximate surface area is 121 Å². The summed E-state index contributed by atoms with van der Waals surface area (Å²) >= 11 is 17.6. The lowest BCUT2D eigenvalue weighted by Gasteiger charge is -2.10. The zero-order valence-electron chi connectivity index (χ0n) is 9.71. The molecule has 4 heteroatoms. The molecule has 0 aliphatic heterocycles. The first-order valence-electron chi connectivity index (χ1n) is 5.38. The Balaban J connectivity index is 2.30. The zero-order chi connectivity index (χ0) is 13.1. The summed E-state index contributed by atoms with van der Waals surface area (Å²) in [6.45, 7) is 1.98. The smallest absolute Gasteiger partial charge is 0.130 e. The van der Waals surface area contributed by atoms with E-state index in [0.717, 1.165) is 16.9 Å². The highest BCUT2D eigenvalue weighted by Gasteiger charge is 2.05. The summed E-state index contributed by atoms with van der Waals surface area (Å²) < 4.78 is 5.79. The average molecular weight is 302 g/mol. The van der Waals surface area contributed by atoms with Gasteiger partial charge in [-0.05, 0) is 36.2 Å². The van der Waals surface area contributed by atoms with Crippen LogP contribution in [0.2, 0.25) is 10.0 Å². The van der Waals surface area contributed by atoms with Gasteiger partial charge in [0.1, 0.15) is 11.5 Å². The Morgan fingerprint density at radius 1 is 1.00 bits per heavy atom. The fourth-order valence-corrected chi connectivity index (χ4v) is 1.96. The summed E-state index contributed by atoms with van der Waals surface area (Å²) in [6.07, 6.45) is 0. The van der Waals surface area contributed by atoms with Gasteiger partial charge in [-0.2, -0.15) is 0 Å². The quantitative estimate of drug-likeness (QED) is 0.648. The maximum absolute atomic E-state index is 5.95. The van der Waals surface area contributed by atoms with Crippen LogP contribution >= 0.6 is 34.8 Å². The van der Waals surface area contributed by atoms with Crippen molar-refractivity contribution in [2.75, 3.05) is 0 Å². The Kier molecular flexibility index (Phi) is 4.39. The molecule has 0 bridgehead atoms. The van der Waals surface area contributed by atoms with Crippen molar-refractivity contribution in [3.8, 4) is 11.5 Å². The van der Waals surface area contributed by atoms with Crippen LogP contribution in [0.1, 0.15) is 11.1 Å². The van der Waals surface area contributed by atoms with Crippen molar-refractivity contribution in [2.45, 2.75) is 12.8 Å². The van der Waals surface area contributed by atoms with Gasteiger partial charge in [-0.3, -0.25) is 0 Å². The van der Waals surface area contributed by atoms with E-state index in [4.69, 9.17) is 39.5 Å². The molecule has 0 saturated heterocycles. The van der Waals surface area contributed by atoms with Gasteiger partial charge in [-0.1, -0.05) is 35.3 Å². The highest BCUT2D eigenvalue weighted by molar-refractivity contribution is 6.42. The molecule has 2 aromatic carbocycles. The SMILES string of the molecule is Cc1ccc(CCl)cc1Oc1ccc(Cl)c(Cl)c1. The van der Waals surface area contributed by atoms with Crippen molar-refractivity contribution in [3.63, 3.8) is 0 Å². The Bertz CT molecular complexity index is 567. The normalized spacial score (nSPS) is 10.4. The highest BCUT2D eigenvalue weighted by atomic mass is 35.5. The summed E-state index contributed by atoms with van der Waals surface area (Å²) in [5, 5.41) is 0.982. The minimum Gasteiger partial charge on any atom is -0.457 e. The average Bonchev–Trinajstić information content (AvgIpc) is 2.36. The van der Waals surface area contributed by atoms with Gasteiger partial charge in [0.05, 0.1) is 10.0 Å². The summed E-state index contributed by atoms with van der Waals surface area (Å²) in [6, 6.07) is 11.1. The van der Waals surface area contributed by atoms with Gasteiger partial charge >= 0.3 is 0 Å². The molecule has 0 aliphatic carbocycles. The molecule has 0 N–H and O–H groups in total.